The van der Waals surface area contributed by atoms with E-state index >= 15 is 0 Å². The number of benzene rings is 1. The molecule has 0 aliphatic heterocycles. The highest BCUT2D eigenvalue weighted by Crippen LogP contribution is 2.21. The summed E-state index contributed by atoms with van der Waals surface area (Å²) >= 11 is 0. The Bertz CT molecular complexity index is 604. The minimum atomic E-state index is 0.470. The fraction of sp³-hybridized carbons (Fsp3) is 0.200. The largest absolute Gasteiger partial charge is 0.497 e. The fourth-order valence-electron chi connectivity index (χ4n) is 1.86. The first kappa shape index (κ1) is 12.9. The molecule has 0 spiro atoms. The maximum Gasteiger partial charge on any atom is 0.145 e. The Balaban J connectivity index is 2.21. The van der Waals surface area contributed by atoms with Gasteiger partial charge in [0, 0.05) is 37.1 Å². The van der Waals surface area contributed by atoms with Crippen LogP contribution in [0, 0.1) is 11.3 Å². The molecule has 0 saturated heterocycles. The number of hydrogen-bond acceptors (Lipinski definition) is 4. The van der Waals surface area contributed by atoms with Crippen LogP contribution < -0.4 is 9.64 Å². The molecule has 1 aromatic carbocycles. The molecule has 2 rings (SSSR count). The fourth-order valence-corrected chi connectivity index (χ4v) is 1.86. The number of nitriles is 1. The van der Waals surface area contributed by atoms with Crippen LogP contribution >= 0.6 is 0 Å². The van der Waals surface area contributed by atoms with Crippen molar-refractivity contribution in [3.05, 3.63) is 53.9 Å². The molecule has 4 nitrogen and oxygen atoms in total. The molecule has 0 bridgehead atoms. The van der Waals surface area contributed by atoms with E-state index in [1.165, 1.54) is 0 Å². The molecule has 2 aromatic rings. The van der Waals surface area contributed by atoms with Crippen molar-refractivity contribution in [3.8, 4) is 11.8 Å². The Labute approximate surface area is 112 Å². The van der Waals surface area contributed by atoms with E-state index in [-0.39, 0.29) is 0 Å². The van der Waals surface area contributed by atoms with Crippen molar-refractivity contribution in [1.82, 2.24) is 4.98 Å². The SMILES string of the molecule is COc1cccc(N(C)Cc2cccnc2C#N)c1. The summed E-state index contributed by atoms with van der Waals surface area (Å²) in [4.78, 5) is 6.12. The molecular weight excluding hydrogens is 238 g/mol. The van der Waals surface area contributed by atoms with Gasteiger partial charge in [-0.05, 0) is 18.2 Å². The van der Waals surface area contributed by atoms with E-state index in [4.69, 9.17) is 10.00 Å². The van der Waals surface area contributed by atoms with Crippen LogP contribution in [0.15, 0.2) is 42.6 Å². The second-order valence-electron chi connectivity index (χ2n) is 4.18. The topological polar surface area (TPSA) is 49.1 Å². The van der Waals surface area contributed by atoms with Crippen molar-refractivity contribution in [2.24, 2.45) is 0 Å². The molecule has 0 fully saturated rings. The van der Waals surface area contributed by atoms with E-state index < -0.39 is 0 Å². The summed E-state index contributed by atoms with van der Waals surface area (Å²) in [6.07, 6.45) is 1.63. The lowest BCUT2D eigenvalue weighted by Gasteiger charge is -2.20. The molecule has 0 radical (unpaired) electrons. The molecule has 1 heterocycles. The van der Waals surface area contributed by atoms with Crippen molar-refractivity contribution in [2.45, 2.75) is 6.54 Å². The van der Waals surface area contributed by atoms with Gasteiger partial charge in [0.1, 0.15) is 17.5 Å². The zero-order chi connectivity index (χ0) is 13.7. The molecule has 0 unspecified atom stereocenters. The highest BCUT2D eigenvalue weighted by Gasteiger charge is 2.07. The predicted octanol–water partition coefficient (Wildman–Crippen LogP) is 2.60. The van der Waals surface area contributed by atoms with Gasteiger partial charge < -0.3 is 9.64 Å². The first-order chi connectivity index (χ1) is 9.24. The zero-order valence-corrected chi connectivity index (χ0v) is 11.0. The summed E-state index contributed by atoms with van der Waals surface area (Å²) in [5.74, 6) is 0.816. The van der Waals surface area contributed by atoms with E-state index in [0.29, 0.717) is 12.2 Å². The highest BCUT2D eigenvalue weighted by atomic mass is 16.5. The molecule has 1 aromatic heterocycles. The van der Waals surface area contributed by atoms with Gasteiger partial charge in [0.15, 0.2) is 0 Å². The summed E-state index contributed by atoms with van der Waals surface area (Å²) in [5, 5.41) is 9.03. The van der Waals surface area contributed by atoms with Gasteiger partial charge in [-0.15, -0.1) is 0 Å². The maximum absolute atomic E-state index is 9.03. The summed E-state index contributed by atoms with van der Waals surface area (Å²) < 4.78 is 5.21. The van der Waals surface area contributed by atoms with Crippen LogP contribution in [-0.2, 0) is 6.54 Å². The number of pyridine rings is 1. The van der Waals surface area contributed by atoms with Gasteiger partial charge in [-0.2, -0.15) is 5.26 Å². The number of aromatic nitrogens is 1. The predicted molar refractivity (Wildman–Crippen MR) is 74.1 cm³/mol. The third-order valence-electron chi connectivity index (χ3n) is 2.90. The molecule has 96 valence electrons. The summed E-state index contributed by atoms with van der Waals surface area (Å²) in [6.45, 7) is 0.629. The lowest BCUT2D eigenvalue weighted by atomic mass is 10.2. The number of methoxy groups -OCH3 is 1. The van der Waals surface area contributed by atoms with Gasteiger partial charge in [-0.25, -0.2) is 4.98 Å². The van der Waals surface area contributed by atoms with Crippen LogP contribution in [-0.4, -0.2) is 19.1 Å². The van der Waals surface area contributed by atoms with Gasteiger partial charge in [0.2, 0.25) is 0 Å². The smallest absolute Gasteiger partial charge is 0.145 e. The average Bonchev–Trinajstić information content (AvgIpc) is 2.47. The monoisotopic (exact) mass is 253 g/mol. The third kappa shape index (κ3) is 3.02. The Morgan fingerprint density at radius 1 is 1.32 bits per heavy atom. The van der Waals surface area contributed by atoms with Crippen molar-refractivity contribution < 1.29 is 4.74 Å². The van der Waals surface area contributed by atoms with E-state index in [0.717, 1.165) is 17.0 Å². The highest BCUT2D eigenvalue weighted by molar-refractivity contribution is 5.51. The van der Waals surface area contributed by atoms with Crippen molar-refractivity contribution >= 4 is 5.69 Å². The van der Waals surface area contributed by atoms with E-state index in [2.05, 4.69) is 16.0 Å². The first-order valence-corrected chi connectivity index (χ1v) is 5.94. The number of ether oxygens (including phenoxy) is 1. The maximum atomic E-state index is 9.03. The van der Waals surface area contributed by atoms with Gasteiger partial charge in [-0.1, -0.05) is 12.1 Å². The normalized spacial score (nSPS) is 9.74. The van der Waals surface area contributed by atoms with Crippen LogP contribution in [0.3, 0.4) is 0 Å². The quantitative estimate of drug-likeness (QED) is 0.840. The Kier molecular flexibility index (Phi) is 3.99. The Morgan fingerprint density at radius 3 is 2.89 bits per heavy atom. The van der Waals surface area contributed by atoms with Gasteiger partial charge >= 0.3 is 0 Å². The molecular formula is C15H15N3O. The molecule has 19 heavy (non-hydrogen) atoms. The minimum absolute atomic E-state index is 0.470. The van der Waals surface area contributed by atoms with Gasteiger partial charge in [0.05, 0.1) is 7.11 Å². The minimum Gasteiger partial charge on any atom is -0.497 e. The second-order valence-corrected chi connectivity index (χ2v) is 4.18. The molecule has 4 heteroatoms. The lowest BCUT2D eigenvalue weighted by Crippen LogP contribution is -2.17. The van der Waals surface area contributed by atoms with Crippen LogP contribution in [0.4, 0.5) is 5.69 Å². The molecule has 0 aliphatic rings. The molecule has 0 saturated carbocycles. The van der Waals surface area contributed by atoms with Crippen LogP contribution in [0.2, 0.25) is 0 Å². The van der Waals surface area contributed by atoms with E-state index in [1.54, 1.807) is 13.3 Å². The summed E-state index contributed by atoms with van der Waals surface area (Å²) in [6, 6.07) is 13.7. The zero-order valence-electron chi connectivity index (χ0n) is 11.0. The number of anilines is 1. The number of rotatable bonds is 4. The number of nitrogens with zero attached hydrogens (tertiary/aromatic N) is 3. The van der Waals surface area contributed by atoms with Crippen LogP contribution in [0.25, 0.3) is 0 Å². The average molecular weight is 253 g/mol. The van der Waals surface area contributed by atoms with Crippen molar-refractivity contribution in [1.29, 1.82) is 5.26 Å². The standard InChI is InChI=1S/C15H15N3O/c1-18(13-6-3-7-14(9-13)19-2)11-12-5-4-8-17-15(12)10-16/h3-9H,11H2,1-2H3. The second kappa shape index (κ2) is 5.87. The van der Waals surface area contributed by atoms with Gasteiger partial charge in [0.25, 0.3) is 0 Å². The Hall–Kier alpha value is -2.54. The van der Waals surface area contributed by atoms with Crippen molar-refractivity contribution in [2.75, 3.05) is 19.1 Å². The van der Waals surface area contributed by atoms with E-state index in [9.17, 15) is 0 Å². The lowest BCUT2D eigenvalue weighted by molar-refractivity contribution is 0.415. The van der Waals surface area contributed by atoms with Gasteiger partial charge in [-0.3, -0.25) is 0 Å². The molecule has 0 aliphatic carbocycles. The van der Waals surface area contributed by atoms with Crippen LogP contribution in [0.5, 0.6) is 5.75 Å². The summed E-state index contributed by atoms with van der Waals surface area (Å²) in [7, 11) is 3.62. The first-order valence-electron chi connectivity index (χ1n) is 5.94. The molecule has 0 N–H and O–H groups in total. The van der Waals surface area contributed by atoms with E-state index in [1.807, 2.05) is 43.4 Å². The van der Waals surface area contributed by atoms with Crippen molar-refractivity contribution in [3.63, 3.8) is 0 Å². The number of hydrogen-bond donors (Lipinski definition) is 0. The Morgan fingerprint density at radius 2 is 2.16 bits per heavy atom. The third-order valence-corrected chi connectivity index (χ3v) is 2.90. The molecule has 0 atom stereocenters. The summed E-state index contributed by atoms with van der Waals surface area (Å²) in [5.41, 5.74) is 2.42. The molecule has 0 amide bonds. The van der Waals surface area contributed by atoms with Crippen LogP contribution in [0.1, 0.15) is 11.3 Å².